The lowest BCUT2D eigenvalue weighted by Crippen LogP contribution is -2.38. The molecule has 0 spiro atoms. The van der Waals surface area contributed by atoms with Gasteiger partial charge >= 0.3 is 0 Å². The Bertz CT molecular complexity index is 1400. The number of fused-ring (bicyclic) bond motifs is 1. The molecule has 7 nitrogen and oxygen atoms in total. The molecule has 0 aliphatic carbocycles. The van der Waals surface area contributed by atoms with Crippen molar-refractivity contribution in [2.75, 3.05) is 23.3 Å². The number of hydrogen-bond acceptors (Lipinski definition) is 5. The normalized spacial score (nSPS) is 11.2. The highest BCUT2D eigenvalue weighted by atomic mass is 32.2. The van der Waals surface area contributed by atoms with E-state index in [1.807, 2.05) is 31.2 Å². The molecule has 1 amide bonds. The third kappa shape index (κ3) is 4.80. The van der Waals surface area contributed by atoms with Gasteiger partial charge in [0.25, 0.3) is 10.0 Å². The summed E-state index contributed by atoms with van der Waals surface area (Å²) in [6, 6.07) is 22.5. The molecule has 0 fully saturated rings. The fourth-order valence-electron chi connectivity index (χ4n) is 3.44. The van der Waals surface area contributed by atoms with Gasteiger partial charge in [-0.1, -0.05) is 48.0 Å². The average molecular weight is 462 g/mol. The molecule has 1 aromatic heterocycles. The van der Waals surface area contributed by atoms with Crippen LogP contribution >= 0.6 is 0 Å². The predicted octanol–water partition coefficient (Wildman–Crippen LogP) is 4.39. The number of methoxy groups -OCH3 is 1. The summed E-state index contributed by atoms with van der Waals surface area (Å²) in [6.45, 7) is 1.43. The van der Waals surface area contributed by atoms with Crippen molar-refractivity contribution in [1.82, 2.24) is 4.98 Å². The number of anilines is 2. The maximum Gasteiger partial charge on any atom is 0.264 e. The lowest BCUT2D eigenvalue weighted by Gasteiger charge is -2.25. The number of aryl methyl sites for hydroxylation is 1. The van der Waals surface area contributed by atoms with Crippen molar-refractivity contribution in [2.24, 2.45) is 0 Å². The van der Waals surface area contributed by atoms with Crippen LogP contribution in [0.5, 0.6) is 5.75 Å². The van der Waals surface area contributed by atoms with Gasteiger partial charge in [0.1, 0.15) is 12.3 Å². The molecule has 0 aliphatic rings. The number of pyridine rings is 1. The lowest BCUT2D eigenvalue weighted by atomic mass is 10.2. The first-order valence-electron chi connectivity index (χ1n) is 10.3. The van der Waals surface area contributed by atoms with Crippen LogP contribution < -0.4 is 14.4 Å². The molecule has 0 radical (unpaired) electrons. The van der Waals surface area contributed by atoms with Crippen molar-refractivity contribution in [2.45, 2.75) is 11.8 Å². The van der Waals surface area contributed by atoms with E-state index in [1.54, 1.807) is 48.7 Å². The fourth-order valence-corrected chi connectivity index (χ4v) is 4.87. The Balaban J connectivity index is 1.68. The number of carbonyl (C=O) groups is 1. The van der Waals surface area contributed by atoms with Gasteiger partial charge in [-0.05, 0) is 43.3 Å². The van der Waals surface area contributed by atoms with Crippen LogP contribution in [-0.2, 0) is 14.8 Å². The molecule has 8 heteroatoms. The highest BCUT2D eigenvalue weighted by Gasteiger charge is 2.29. The van der Waals surface area contributed by atoms with E-state index in [1.165, 1.54) is 19.2 Å². The van der Waals surface area contributed by atoms with Crippen LogP contribution in [0.4, 0.5) is 11.4 Å². The Hall–Kier alpha value is -3.91. The van der Waals surface area contributed by atoms with Crippen LogP contribution in [0.15, 0.2) is 90.0 Å². The minimum Gasteiger partial charge on any atom is -0.495 e. The van der Waals surface area contributed by atoms with Gasteiger partial charge in [0, 0.05) is 5.39 Å². The monoisotopic (exact) mass is 461 g/mol. The topological polar surface area (TPSA) is 88.6 Å². The first-order valence-corrected chi connectivity index (χ1v) is 11.7. The van der Waals surface area contributed by atoms with E-state index in [0.717, 1.165) is 20.8 Å². The van der Waals surface area contributed by atoms with E-state index in [4.69, 9.17) is 4.74 Å². The van der Waals surface area contributed by atoms with Gasteiger partial charge < -0.3 is 10.1 Å². The summed E-state index contributed by atoms with van der Waals surface area (Å²) in [7, 11) is -2.59. The van der Waals surface area contributed by atoms with Crippen LogP contribution in [0.3, 0.4) is 0 Å². The zero-order chi connectivity index (χ0) is 23.4. The number of amides is 1. The van der Waals surface area contributed by atoms with Gasteiger partial charge in [-0.3, -0.25) is 14.1 Å². The summed E-state index contributed by atoms with van der Waals surface area (Å²) in [6.07, 6.45) is 1.54. The Kier molecular flexibility index (Phi) is 6.28. The van der Waals surface area contributed by atoms with Gasteiger partial charge in [-0.25, -0.2) is 8.42 Å². The molecule has 0 atom stereocenters. The second-order valence-electron chi connectivity index (χ2n) is 7.46. The van der Waals surface area contributed by atoms with Crippen LogP contribution in [0.25, 0.3) is 10.9 Å². The Labute approximate surface area is 192 Å². The van der Waals surface area contributed by atoms with E-state index < -0.39 is 22.5 Å². The van der Waals surface area contributed by atoms with Gasteiger partial charge in [-0.15, -0.1) is 0 Å². The molecule has 0 saturated carbocycles. The second kappa shape index (κ2) is 9.30. The molecule has 0 unspecified atom stereocenters. The summed E-state index contributed by atoms with van der Waals surface area (Å²) in [5.41, 5.74) is 2.48. The minimum atomic E-state index is -4.05. The smallest absolute Gasteiger partial charge is 0.264 e. The number of para-hydroxylation sites is 3. The SMILES string of the molecule is COc1ccccc1N(CC(=O)Nc1cnc2ccccc2c1)S(=O)(=O)c1ccc(C)cc1. The number of rotatable bonds is 7. The number of sulfonamides is 1. The molecule has 0 saturated heterocycles. The summed E-state index contributed by atoms with van der Waals surface area (Å²) in [5, 5.41) is 3.62. The zero-order valence-corrected chi connectivity index (χ0v) is 19.0. The number of benzene rings is 3. The summed E-state index contributed by atoms with van der Waals surface area (Å²) in [5.74, 6) is -0.165. The van der Waals surface area contributed by atoms with E-state index in [-0.39, 0.29) is 10.6 Å². The van der Waals surface area contributed by atoms with E-state index in [2.05, 4.69) is 10.3 Å². The van der Waals surface area contributed by atoms with E-state index in [9.17, 15) is 13.2 Å². The van der Waals surface area contributed by atoms with E-state index >= 15 is 0 Å². The van der Waals surface area contributed by atoms with Crippen molar-refractivity contribution in [3.05, 3.63) is 90.6 Å². The first kappa shape index (κ1) is 22.3. The first-order chi connectivity index (χ1) is 15.9. The highest BCUT2D eigenvalue weighted by Crippen LogP contribution is 2.32. The zero-order valence-electron chi connectivity index (χ0n) is 18.2. The fraction of sp³-hybridized carbons (Fsp3) is 0.120. The average Bonchev–Trinajstić information content (AvgIpc) is 2.82. The quantitative estimate of drug-likeness (QED) is 0.441. The Morgan fingerprint density at radius 1 is 1.00 bits per heavy atom. The van der Waals surface area contributed by atoms with Gasteiger partial charge in [0.2, 0.25) is 5.91 Å². The molecule has 4 aromatic rings. The maximum absolute atomic E-state index is 13.6. The number of carbonyl (C=O) groups excluding carboxylic acids is 1. The van der Waals surface area contributed by atoms with Crippen molar-refractivity contribution in [1.29, 1.82) is 0 Å². The van der Waals surface area contributed by atoms with Crippen LogP contribution in [0.2, 0.25) is 0 Å². The van der Waals surface area contributed by atoms with Crippen molar-refractivity contribution < 1.29 is 17.9 Å². The third-order valence-corrected chi connectivity index (χ3v) is 6.90. The van der Waals surface area contributed by atoms with Crippen molar-refractivity contribution >= 4 is 38.2 Å². The Morgan fingerprint density at radius 3 is 2.45 bits per heavy atom. The number of nitrogens with one attached hydrogen (secondary N) is 1. The summed E-state index contributed by atoms with van der Waals surface area (Å²) >= 11 is 0. The summed E-state index contributed by atoms with van der Waals surface area (Å²) in [4.78, 5) is 17.4. The van der Waals surface area contributed by atoms with Crippen LogP contribution in [0, 0.1) is 6.92 Å². The van der Waals surface area contributed by atoms with Gasteiger partial charge in [0.05, 0.1) is 35.1 Å². The predicted molar refractivity (Wildman–Crippen MR) is 129 cm³/mol. The maximum atomic E-state index is 13.6. The summed E-state index contributed by atoms with van der Waals surface area (Å²) < 4.78 is 33.5. The molecule has 0 bridgehead atoms. The molecule has 3 aromatic carbocycles. The number of hydrogen-bond donors (Lipinski definition) is 1. The lowest BCUT2D eigenvalue weighted by molar-refractivity contribution is -0.114. The largest absolute Gasteiger partial charge is 0.495 e. The standard InChI is InChI=1S/C25H23N3O4S/c1-18-11-13-21(14-12-18)33(30,31)28(23-9-5-6-10-24(23)32-2)17-25(29)27-20-15-19-7-3-4-8-22(19)26-16-20/h3-16H,17H2,1-2H3,(H,27,29). The highest BCUT2D eigenvalue weighted by molar-refractivity contribution is 7.92. The molecule has 1 N–H and O–H groups in total. The Morgan fingerprint density at radius 2 is 1.70 bits per heavy atom. The number of ether oxygens (including phenoxy) is 1. The van der Waals surface area contributed by atoms with Crippen molar-refractivity contribution in [3.63, 3.8) is 0 Å². The second-order valence-corrected chi connectivity index (χ2v) is 9.32. The number of nitrogens with zero attached hydrogens (tertiary/aromatic N) is 2. The third-order valence-electron chi connectivity index (χ3n) is 5.12. The molecular weight excluding hydrogens is 438 g/mol. The molecule has 168 valence electrons. The molecular formula is C25H23N3O4S. The molecule has 0 aliphatic heterocycles. The molecule has 33 heavy (non-hydrogen) atoms. The van der Waals surface area contributed by atoms with Crippen molar-refractivity contribution in [3.8, 4) is 5.75 Å². The minimum absolute atomic E-state index is 0.0826. The van der Waals surface area contributed by atoms with Gasteiger partial charge in [-0.2, -0.15) is 0 Å². The van der Waals surface area contributed by atoms with Crippen LogP contribution in [0.1, 0.15) is 5.56 Å². The number of aromatic nitrogens is 1. The van der Waals surface area contributed by atoms with E-state index in [0.29, 0.717) is 11.4 Å². The molecule has 4 rings (SSSR count). The van der Waals surface area contributed by atoms with Crippen LogP contribution in [-0.4, -0.2) is 33.0 Å². The molecule has 1 heterocycles. The van der Waals surface area contributed by atoms with Gasteiger partial charge in [0.15, 0.2) is 0 Å².